The van der Waals surface area contributed by atoms with Crippen molar-refractivity contribution in [2.24, 2.45) is 5.73 Å². The summed E-state index contributed by atoms with van der Waals surface area (Å²) >= 11 is 5.78. The first-order chi connectivity index (χ1) is 9.17. The van der Waals surface area contributed by atoms with E-state index in [-0.39, 0.29) is 12.5 Å². The second-order valence-electron chi connectivity index (χ2n) is 4.13. The fourth-order valence-electron chi connectivity index (χ4n) is 1.67. The maximum atomic E-state index is 11.8. The summed E-state index contributed by atoms with van der Waals surface area (Å²) in [6, 6.07) is 6.98. The van der Waals surface area contributed by atoms with Gasteiger partial charge >= 0.3 is 0 Å². The minimum absolute atomic E-state index is 0.112. The summed E-state index contributed by atoms with van der Waals surface area (Å²) in [5, 5.41) is 3.43. The third kappa shape index (κ3) is 4.08. The molecular formula is C13H15ClN4O. The Labute approximate surface area is 116 Å². The Morgan fingerprint density at radius 2 is 2.11 bits per heavy atom. The number of anilines is 1. The Morgan fingerprint density at radius 1 is 1.37 bits per heavy atom. The number of carbonyl (C=O) groups excluding carboxylic acids is 1. The molecule has 100 valence electrons. The van der Waals surface area contributed by atoms with Crippen molar-refractivity contribution in [2.45, 2.75) is 13.0 Å². The highest BCUT2D eigenvalue weighted by atomic mass is 35.5. The van der Waals surface area contributed by atoms with E-state index in [9.17, 15) is 4.79 Å². The fourth-order valence-corrected chi connectivity index (χ4v) is 1.80. The third-order valence-corrected chi connectivity index (χ3v) is 2.79. The van der Waals surface area contributed by atoms with Gasteiger partial charge < -0.3 is 15.6 Å². The van der Waals surface area contributed by atoms with Crippen LogP contribution in [-0.4, -0.2) is 22.0 Å². The van der Waals surface area contributed by atoms with Crippen LogP contribution in [0.15, 0.2) is 36.8 Å². The molecule has 2 rings (SSSR count). The molecule has 0 aliphatic carbocycles. The first-order valence-electron chi connectivity index (χ1n) is 5.93. The lowest BCUT2D eigenvalue weighted by Crippen LogP contribution is -2.17. The summed E-state index contributed by atoms with van der Waals surface area (Å²) < 4.78 is 1.73. The fraction of sp³-hybridized carbons (Fsp3) is 0.231. The van der Waals surface area contributed by atoms with Crippen LogP contribution in [0.25, 0.3) is 0 Å². The summed E-state index contributed by atoms with van der Waals surface area (Å²) in [5.41, 5.74) is 7.06. The van der Waals surface area contributed by atoms with Crippen LogP contribution in [0, 0.1) is 0 Å². The molecule has 0 unspecified atom stereocenters. The smallest absolute Gasteiger partial charge is 0.244 e. The molecule has 1 amide bonds. The number of benzene rings is 1. The van der Waals surface area contributed by atoms with Gasteiger partial charge in [-0.3, -0.25) is 4.79 Å². The number of nitrogens with zero attached hydrogens (tertiary/aromatic N) is 2. The van der Waals surface area contributed by atoms with E-state index in [1.807, 2.05) is 6.20 Å². The van der Waals surface area contributed by atoms with Crippen molar-refractivity contribution in [1.82, 2.24) is 9.55 Å². The molecule has 0 aliphatic rings. The number of nitrogens with one attached hydrogen (secondary N) is 1. The molecule has 1 aromatic heterocycles. The SMILES string of the molecule is NCCc1cn(CC(=O)Nc2ccc(Cl)cc2)cn1. The van der Waals surface area contributed by atoms with E-state index < -0.39 is 0 Å². The molecular weight excluding hydrogens is 264 g/mol. The number of aromatic nitrogens is 2. The van der Waals surface area contributed by atoms with E-state index >= 15 is 0 Å². The van der Waals surface area contributed by atoms with Gasteiger partial charge in [0.05, 0.1) is 12.0 Å². The number of amides is 1. The number of halogens is 1. The van der Waals surface area contributed by atoms with E-state index in [1.165, 1.54) is 0 Å². The summed E-state index contributed by atoms with van der Waals surface area (Å²) in [5.74, 6) is -0.112. The minimum atomic E-state index is -0.112. The Balaban J connectivity index is 1.91. The maximum absolute atomic E-state index is 11.8. The molecule has 0 radical (unpaired) electrons. The number of hydrogen-bond donors (Lipinski definition) is 2. The monoisotopic (exact) mass is 278 g/mol. The van der Waals surface area contributed by atoms with Crippen LogP contribution in [0.1, 0.15) is 5.69 Å². The van der Waals surface area contributed by atoms with E-state index in [0.717, 1.165) is 11.4 Å². The number of rotatable bonds is 5. The van der Waals surface area contributed by atoms with Gasteiger partial charge in [0.2, 0.25) is 5.91 Å². The highest BCUT2D eigenvalue weighted by molar-refractivity contribution is 6.30. The highest BCUT2D eigenvalue weighted by Gasteiger charge is 2.05. The van der Waals surface area contributed by atoms with Crippen LogP contribution in [0.4, 0.5) is 5.69 Å². The van der Waals surface area contributed by atoms with Crippen LogP contribution in [-0.2, 0) is 17.8 Å². The Hall–Kier alpha value is -1.85. The molecule has 2 aromatic rings. The van der Waals surface area contributed by atoms with Crippen LogP contribution in [0.5, 0.6) is 0 Å². The predicted octanol–water partition coefficient (Wildman–Crippen LogP) is 1.68. The molecule has 0 spiro atoms. The zero-order valence-corrected chi connectivity index (χ0v) is 11.1. The van der Waals surface area contributed by atoms with Gasteiger partial charge in [-0.25, -0.2) is 4.98 Å². The molecule has 0 fully saturated rings. The van der Waals surface area contributed by atoms with Crippen molar-refractivity contribution in [2.75, 3.05) is 11.9 Å². The molecule has 19 heavy (non-hydrogen) atoms. The topological polar surface area (TPSA) is 72.9 Å². The van der Waals surface area contributed by atoms with Crippen molar-refractivity contribution in [3.63, 3.8) is 0 Å². The van der Waals surface area contributed by atoms with Gasteiger partial charge in [-0.1, -0.05) is 11.6 Å². The highest BCUT2D eigenvalue weighted by Crippen LogP contribution is 2.13. The van der Waals surface area contributed by atoms with E-state index in [2.05, 4.69) is 10.3 Å². The van der Waals surface area contributed by atoms with Gasteiger partial charge in [0.15, 0.2) is 0 Å². The lowest BCUT2D eigenvalue weighted by molar-refractivity contribution is -0.116. The van der Waals surface area contributed by atoms with Crippen LogP contribution in [0.2, 0.25) is 5.02 Å². The van der Waals surface area contributed by atoms with E-state index in [0.29, 0.717) is 18.0 Å². The first-order valence-corrected chi connectivity index (χ1v) is 6.31. The van der Waals surface area contributed by atoms with Gasteiger partial charge in [0, 0.05) is 23.3 Å². The summed E-state index contributed by atoms with van der Waals surface area (Å²) in [6.45, 7) is 0.772. The Kier molecular flexibility index (Phi) is 4.54. The molecule has 6 heteroatoms. The maximum Gasteiger partial charge on any atom is 0.244 e. The van der Waals surface area contributed by atoms with E-state index in [1.54, 1.807) is 35.2 Å². The average Bonchev–Trinajstić information content (AvgIpc) is 2.80. The van der Waals surface area contributed by atoms with Crippen LogP contribution >= 0.6 is 11.6 Å². The van der Waals surface area contributed by atoms with Crippen molar-refractivity contribution in [3.05, 3.63) is 47.5 Å². The first kappa shape index (κ1) is 13.6. The molecule has 5 nitrogen and oxygen atoms in total. The number of imidazole rings is 1. The van der Waals surface area contributed by atoms with Crippen LogP contribution in [0.3, 0.4) is 0 Å². The summed E-state index contributed by atoms with van der Waals surface area (Å²) in [6.07, 6.45) is 4.17. The number of nitrogens with two attached hydrogens (primary N) is 1. The number of carbonyl (C=O) groups is 1. The molecule has 0 atom stereocenters. The molecule has 0 saturated carbocycles. The molecule has 1 heterocycles. The summed E-state index contributed by atoms with van der Waals surface area (Å²) in [7, 11) is 0. The summed E-state index contributed by atoms with van der Waals surface area (Å²) in [4.78, 5) is 16.0. The Bertz CT molecular complexity index is 550. The van der Waals surface area contributed by atoms with Crippen molar-refractivity contribution in [3.8, 4) is 0 Å². The van der Waals surface area contributed by atoms with Gasteiger partial charge in [-0.15, -0.1) is 0 Å². The Morgan fingerprint density at radius 3 is 2.79 bits per heavy atom. The molecule has 1 aromatic carbocycles. The van der Waals surface area contributed by atoms with Crippen LogP contribution < -0.4 is 11.1 Å². The lowest BCUT2D eigenvalue weighted by Gasteiger charge is -2.05. The quantitative estimate of drug-likeness (QED) is 0.874. The van der Waals surface area contributed by atoms with Crippen molar-refractivity contribution >= 4 is 23.2 Å². The second-order valence-corrected chi connectivity index (χ2v) is 4.57. The van der Waals surface area contributed by atoms with Gasteiger partial charge in [0.1, 0.15) is 6.54 Å². The van der Waals surface area contributed by atoms with Gasteiger partial charge in [0.25, 0.3) is 0 Å². The zero-order chi connectivity index (χ0) is 13.7. The number of hydrogen-bond acceptors (Lipinski definition) is 3. The standard InChI is InChI=1S/C13H15ClN4O/c14-10-1-3-11(4-2-10)17-13(19)8-18-7-12(5-6-15)16-9-18/h1-4,7,9H,5-6,8,15H2,(H,17,19). The van der Waals surface area contributed by atoms with Gasteiger partial charge in [-0.05, 0) is 30.8 Å². The molecule has 0 aliphatic heterocycles. The molecule has 0 bridgehead atoms. The third-order valence-electron chi connectivity index (χ3n) is 2.54. The minimum Gasteiger partial charge on any atom is -0.330 e. The zero-order valence-electron chi connectivity index (χ0n) is 10.3. The predicted molar refractivity (Wildman–Crippen MR) is 75.1 cm³/mol. The lowest BCUT2D eigenvalue weighted by atomic mass is 10.3. The second kappa shape index (κ2) is 6.36. The average molecular weight is 279 g/mol. The van der Waals surface area contributed by atoms with Gasteiger partial charge in [-0.2, -0.15) is 0 Å². The molecule has 3 N–H and O–H groups in total. The molecule has 0 saturated heterocycles. The van der Waals surface area contributed by atoms with E-state index in [4.69, 9.17) is 17.3 Å². The van der Waals surface area contributed by atoms with Crippen molar-refractivity contribution in [1.29, 1.82) is 0 Å². The van der Waals surface area contributed by atoms with Crippen molar-refractivity contribution < 1.29 is 4.79 Å². The largest absolute Gasteiger partial charge is 0.330 e. The normalized spacial score (nSPS) is 10.4.